The van der Waals surface area contributed by atoms with Crippen LogP contribution in [0.2, 0.25) is 0 Å². The summed E-state index contributed by atoms with van der Waals surface area (Å²) in [5.74, 6) is 1.81. The Morgan fingerprint density at radius 1 is 1.21 bits per heavy atom. The van der Waals surface area contributed by atoms with Crippen molar-refractivity contribution in [3.8, 4) is 5.75 Å². The lowest BCUT2D eigenvalue weighted by Crippen LogP contribution is -2.40. The summed E-state index contributed by atoms with van der Waals surface area (Å²) in [4.78, 5) is 12.9. The van der Waals surface area contributed by atoms with Crippen LogP contribution in [-0.2, 0) is 17.6 Å². The summed E-state index contributed by atoms with van der Waals surface area (Å²) in [5.41, 5.74) is 2.40. The molecule has 3 aliphatic rings. The second kappa shape index (κ2) is 11.1. The van der Waals surface area contributed by atoms with E-state index in [1.54, 1.807) is 0 Å². The van der Waals surface area contributed by atoms with Crippen LogP contribution in [0, 0.1) is 17.8 Å². The monoisotopic (exact) mass is 461 g/mol. The first-order chi connectivity index (χ1) is 16.0. The molecule has 3 N–H and O–H groups in total. The zero-order chi connectivity index (χ0) is 23.4. The van der Waals surface area contributed by atoms with Crippen LogP contribution in [0.3, 0.4) is 0 Å². The molecule has 0 aromatic heterocycles. The van der Waals surface area contributed by atoms with Gasteiger partial charge in [0, 0.05) is 0 Å². The molecule has 2 aliphatic carbocycles. The topological polar surface area (TPSA) is 99.5 Å². The number of carbonyl (C=O) groups excluding carboxylic acids is 1. The lowest BCUT2D eigenvalue weighted by molar-refractivity contribution is 0.00256. The van der Waals surface area contributed by atoms with E-state index in [-0.39, 0.29) is 24.7 Å². The molecule has 7 nitrogen and oxygen atoms in total. The van der Waals surface area contributed by atoms with E-state index in [0.29, 0.717) is 25.0 Å². The molecule has 0 spiro atoms. The third-order valence-corrected chi connectivity index (χ3v) is 7.86. The van der Waals surface area contributed by atoms with Gasteiger partial charge in [0.25, 0.3) is 0 Å². The fraction of sp³-hybridized carbons (Fsp3) is 0.731. The quantitative estimate of drug-likeness (QED) is 0.438. The fourth-order valence-corrected chi connectivity index (χ4v) is 6.03. The minimum atomic E-state index is -1.03. The van der Waals surface area contributed by atoms with E-state index in [1.165, 1.54) is 10.5 Å². The van der Waals surface area contributed by atoms with Gasteiger partial charge in [0.1, 0.15) is 19.0 Å². The third-order valence-electron chi connectivity index (χ3n) is 7.86. The second-order valence-electron chi connectivity index (χ2n) is 10.0. The Morgan fingerprint density at radius 2 is 2.06 bits per heavy atom. The van der Waals surface area contributed by atoms with E-state index in [4.69, 9.17) is 9.47 Å². The van der Waals surface area contributed by atoms with E-state index in [0.717, 1.165) is 69.1 Å². The van der Waals surface area contributed by atoms with E-state index >= 15 is 0 Å². The third kappa shape index (κ3) is 5.64. The predicted octanol–water partition coefficient (Wildman–Crippen LogP) is 3.27. The van der Waals surface area contributed by atoms with E-state index in [9.17, 15) is 20.1 Å². The molecule has 0 radical (unpaired) electrons. The number of unbranched alkanes of at least 4 members (excludes halogenated alkanes) is 2. The first kappa shape index (κ1) is 24.3. The smallest absolute Gasteiger partial charge is 0.412 e. The molecule has 4 rings (SSSR count). The number of fused-ring (bicyclic) bond motifs is 2. The van der Waals surface area contributed by atoms with Crippen molar-refractivity contribution in [2.24, 2.45) is 17.8 Å². The molecule has 2 fully saturated rings. The van der Waals surface area contributed by atoms with E-state index < -0.39 is 12.3 Å². The molecule has 1 aliphatic heterocycles. The standard InChI is InChI=1S/C26H39NO6/c1-2-3-4-7-19(28)9-10-20-21-13-17-6-5-8-24(22(17)14-18(21)15-23(20)29)33-16-25(30)27-11-12-32-26(27)31/h5-6,8,18-21,23,25,28-30H,2-4,7,9-16H2,1H3/t18-,19+,20+,21-,23+,25?/m0/s1. The number of rotatable bonds is 11. The van der Waals surface area contributed by atoms with Gasteiger partial charge in [-0.15, -0.1) is 0 Å². The molecule has 184 valence electrons. The minimum absolute atomic E-state index is 0.000812. The molecular formula is C26H39NO6. The molecule has 1 aromatic rings. The summed E-state index contributed by atoms with van der Waals surface area (Å²) in [6.45, 7) is 2.83. The highest BCUT2D eigenvalue weighted by Gasteiger charge is 2.45. The van der Waals surface area contributed by atoms with Gasteiger partial charge in [-0.25, -0.2) is 4.79 Å². The van der Waals surface area contributed by atoms with Crippen LogP contribution in [0.4, 0.5) is 4.79 Å². The maximum Gasteiger partial charge on any atom is 0.412 e. The number of cyclic esters (lactones) is 1. The van der Waals surface area contributed by atoms with Gasteiger partial charge in [-0.1, -0.05) is 38.3 Å². The lowest BCUT2D eigenvalue weighted by atomic mass is 9.73. The first-order valence-corrected chi connectivity index (χ1v) is 12.7. The van der Waals surface area contributed by atoms with Crippen LogP contribution in [-0.4, -0.2) is 64.5 Å². The van der Waals surface area contributed by atoms with Crippen LogP contribution >= 0.6 is 0 Å². The summed E-state index contributed by atoms with van der Waals surface area (Å²) in [6.07, 6.45) is 6.31. The van der Waals surface area contributed by atoms with Crippen LogP contribution < -0.4 is 4.74 Å². The van der Waals surface area contributed by atoms with Gasteiger partial charge in [0.15, 0.2) is 6.23 Å². The Balaban J connectivity index is 1.36. The maximum atomic E-state index is 11.7. The van der Waals surface area contributed by atoms with Crippen LogP contribution in [0.25, 0.3) is 0 Å². The Hall–Kier alpha value is -1.83. The molecule has 1 amide bonds. The molecule has 1 heterocycles. The highest BCUT2D eigenvalue weighted by Crippen LogP contribution is 2.48. The second-order valence-corrected chi connectivity index (χ2v) is 10.0. The highest BCUT2D eigenvalue weighted by molar-refractivity contribution is 5.69. The van der Waals surface area contributed by atoms with Crippen molar-refractivity contribution in [2.75, 3.05) is 19.8 Å². The average Bonchev–Trinajstić information content (AvgIpc) is 3.36. The van der Waals surface area contributed by atoms with Crippen LogP contribution in [0.1, 0.15) is 63.0 Å². The summed E-state index contributed by atoms with van der Waals surface area (Å²) < 4.78 is 10.8. The molecule has 7 heteroatoms. The summed E-state index contributed by atoms with van der Waals surface area (Å²) in [5, 5.41) is 31.5. The van der Waals surface area contributed by atoms with Crippen molar-refractivity contribution in [3.63, 3.8) is 0 Å². The Kier molecular flexibility index (Phi) is 8.15. The number of aliphatic hydroxyl groups is 3. The summed E-state index contributed by atoms with van der Waals surface area (Å²) >= 11 is 0. The van der Waals surface area contributed by atoms with E-state index in [2.05, 4.69) is 13.0 Å². The van der Waals surface area contributed by atoms with Crippen LogP contribution in [0.15, 0.2) is 18.2 Å². The zero-order valence-electron chi connectivity index (χ0n) is 19.7. The Labute approximate surface area is 196 Å². The Bertz CT molecular complexity index is 801. The number of aliphatic hydroxyl groups excluding tert-OH is 3. The van der Waals surface area contributed by atoms with Gasteiger partial charge < -0.3 is 24.8 Å². The van der Waals surface area contributed by atoms with Gasteiger partial charge in [-0.3, -0.25) is 4.90 Å². The zero-order valence-corrected chi connectivity index (χ0v) is 19.7. The van der Waals surface area contributed by atoms with Crippen molar-refractivity contribution in [2.45, 2.75) is 83.1 Å². The number of amides is 1. The molecule has 1 saturated heterocycles. The lowest BCUT2D eigenvalue weighted by Gasteiger charge is -2.33. The highest BCUT2D eigenvalue weighted by atomic mass is 16.6. The molecule has 1 saturated carbocycles. The van der Waals surface area contributed by atoms with Crippen LogP contribution in [0.5, 0.6) is 5.75 Å². The number of carbonyl (C=O) groups is 1. The summed E-state index contributed by atoms with van der Waals surface area (Å²) in [6, 6.07) is 6.03. The number of hydrogen-bond donors (Lipinski definition) is 3. The first-order valence-electron chi connectivity index (χ1n) is 12.7. The molecule has 1 aromatic carbocycles. The normalized spacial score (nSPS) is 28.2. The molecule has 6 atom stereocenters. The molecular weight excluding hydrogens is 422 g/mol. The van der Waals surface area contributed by atoms with E-state index in [1.807, 2.05) is 12.1 Å². The predicted molar refractivity (Wildman–Crippen MR) is 124 cm³/mol. The number of benzene rings is 1. The summed E-state index contributed by atoms with van der Waals surface area (Å²) in [7, 11) is 0. The van der Waals surface area contributed by atoms with Gasteiger partial charge in [0.2, 0.25) is 0 Å². The SMILES string of the molecule is CCCCC[C@@H](O)CC[C@@H]1[C@H]2Cc3cccc(OCC(O)N4CCOC4=O)c3C[C@H]2C[C@H]1O. The van der Waals surface area contributed by atoms with Gasteiger partial charge in [-0.05, 0) is 73.5 Å². The fourth-order valence-electron chi connectivity index (χ4n) is 6.03. The maximum absolute atomic E-state index is 11.7. The number of hydrogen-bond acceptors (Lipinski definition) is 6. The molecule has 1 unspecified atom stereocenters. The van der Waals surface area contributed by atoms with Crippen molar-refractivity contribution >= 4 is 6.09 Å². The number of nitrogens with zero attached hydrogens (tertiary/aromatic N) is 1. The molecule has 33 heavy (non-hydrogen) atoms. The van der Waals surface area contributed by atoms with Crippen molar-refractivity contribution < 1.29 is 29.6 Å². The molecule has 0 bridgehead atoms. The van der Waals surface area contributed by atoms with Gasteiger partial charge >= 0.3 is 6.09 Å². The van der Waals surface area contributed by atoms with Crippen molar-refractivity contribution in [1.29, 1.82) is 0 Å². The minimum Gasteiger partial charge on any atom is -0.489 e. The average molecular weight is 462 g/mol. The van der Waals surface area contributed by atoms with Gasteiger partial charge in [0.05, 0.1) is 18.8 Å². The van der Waals surface area contributed by atoms with Crippen molar-refractivity contribution in [3.05, 3.63) is 29.3 Å². The van der Waals surface area contributed by atoms with Crippen molar-refractivity contribution in [1.82, 2.24) is 4.90 Å². The Morgan fingerprint density at radius 3 is 2.82 bits per heavy atom. The van der Waals surface area contributed by atoms with Gasteiger partial charge in [-0.2, -0.15) is 0 Å². The largest absolute Gasteiger partial charge is 0.489 e. The number of ether oxygens (including phenoxy) is 2.